The minimum Gasteiger partial charge on any atom is -0.493 e. The molecule has 1 aromatic carbocycles. The molecular formula is C18H24N4O7. The number of benzene rings is 1. The summed E-state index contributed by atoms with van der Waals surface area (Å²) in [6.45, 7) is 0. The maximum Gasteiger partial charge on any atom is 0.303 e. The molecule has 0 bridgehead atoms. The third kappa shape index (κ3) is 7.40. The third-order valence-electron chi connectivity index (χ3n) is 3.59. The lowest BCUT2D eigenvalue weighted by atomic mass is 10.1. The van der Waals surface area contributed by atoms with Crippen molar-refractivity contribution in [2.45, 2.75) is 19.3 Å². The molecule has 2 rings (SSSR count). The van der Waals surface area contributed by atoms with Crippen LogP contribution < -0.4 is 25.7 Å². The summed E-state index contributed by atoms with van der Waals surface area (Å²) in [5.74, 6) is 0.0750. The van der Waals surface area contributed by atoms with Crippen LogP contribution in [0.3, 0.4) is 0 Å². The van der Waals surface area contributed by atoms with Gasteiger partial charge in [-0.05, 0) is 17.7 Å². The number of nitrogen functional groups attached to an aromatic ring is 2. The van der Waals surface area contributed by atoms with Crippen LogP contribution in [0.4, 0.5) is 11.8 Å². The highest BCUT2D eigenvalue weighted by molar-refractivity contribution is 5.75. The van der Waals surface area contributed by atoms with Crippen LogP contribution in [0.5, 0.6) is 17.2 Å². The average Bonchev–Trinajstić information content (AvgIpc) is 2.68. The normalized spacial score (nSPS) is 9.76. The van der Waals surface area contributed by atoms with E-state index in [0.29, 0.717) is 29.5 Å². The molecule has 0 unspecified atom stereocenters. The molecule has 1 aromatic heterocycles. The van der Waals surface area contributed by atoms with E-state index in [1.165, 1.54) is 0 Å². The van der Waals surface area contributed by atoms with Crippen molar-refractivity contribution in [1.29, 1.82) is 0 Å². The largest absolute Gasteiger partial charge is 0.493 e. The first kappa shape index (κ1) is 23.3. The van der Waals surface area contributed by atoms with E-state index >= 15 is 0 Å². The lowest BCUT2D eigenvalue weighted by Gasteiger charge is -2.14. The number of anilines is 2. The molecule has 6 N–H and O–H groups in total. The Bertz CT molecular complexity index is 819. The van der Waals surface area contributed by atoms with E-state index in [9.17, 15) is 9.59 Å². The number of ether oxygens (including phenoxy) is 3. The molecule has 2 aromatic rings. The molecule has 0 aliphatic carbocycles. The first-order valence-electron chi connectivity index (χ1n) is 8.31. The fourth-order valence-corrected chi connectivity index (χ4v) is 2.24. The summed E-state index contributed by atoms with van der Waals surface area (Å²) in [6.07, 6.45) is 1.55. The number of rotatable bonds is 8. The summed E-state index contributed by atoms with van der Waals surface area (Å²) < 4.78 is 15.9. The van der Waals surface area contributed by atoms with Crippen molar-refractivity contribution in [2.75, 3.05) is 32.8 Å². The van der Waals surface area contributed by atoms with E-state index in [-0.39, 0.29) is 18.8 Å². The van der Waals surface area contributed by atoms with Gasteiger partial charge in [0.2, 0.25) is 11.7 Å². The van der Waals surface area contributed by atoms with E-state index in [1.807, 2.05) is 12.1 Å². The number of nitrogens with two attached hydrogens (primary N) is 2. The third-order valence-corrected chi connectivity index (χ3v) is 3.59. The molecule has 0 saturated carbocycles. The number of aromatic nitrogens is 2. The Morgan fingerprint density at radius 1 is 0.966 bits per heavy atom. The number of carboxylic acids is 2. The van der Waals surface area contributed by atoms with Gasteiger partial charge in [-0.15, -0.1) is 0 Å². The van der Waals surface area contributed by atoms with Crippen molar-refractivity contribution in [3.63, 3.8) is 0 Å². The Labute approximate surface area is 167 Å². The first-order valence-corrected chi connectivity index (χ1v) is 8.31. The monoisotopic (exact) mass is 408 g/mol. The Hall–Kier alpha value is -3.76. The van der Waals surface area contributed by atoms with Gasteiger partial charge in [0, 0.05) is 18.2 Å². The van der Waals surface area contributed by atoms with Crippen LogP contribution in [0.25, 0.3) is 0 Å². The van der Waals surface area contributed by atoms with Crippen LogP contribution in [-0.2, 0) is 16.0 Å². The second-order valence-electron chi connectivity index (χ2n) is 5.64. The summed E-state index contributed by atoms with van der Waals surface area (Å²) in [6, 6.07) is 3.72. The lowest BCUT2D eigenvalue weighted by molar-refractivity contribution is -0.143. The second kappa shape index (κ2) is 11.2. The molecule has 0 spiro atoms. The van der Waals surface area contributed by atoms with E-state index in [0.717, 1.165) is 11.1 Å². The number of hydrogen-bond donors (Lipinski definition) is 4. The number of hydrogen-bond acceptors (Lipinski definition) is 9. The van der Waals surface area contributed by atoms with Crippen molar-refractivity contribution in [2.24, 2.45) is 0 Å². The van der Waals surface area contributed by atoms with Crippen LogP contribution in [0.15, 0.2) is 18.3 Å². The molecule has 0 saturated heterocycles. The van der Waals surface area contributed by atoms with Gasteiger partial charge in [0.25, 0.3) is 0 Å². The predicted octanol–water partition coefficient (Wildman–Crippen LogP) is 1.19. The molecule has 0 atom stereocenters. The van der Waals surface area contributed by atoms with Gasteiger partial charge in [-0.25, -0.2) is 4.98 Å². The van der Waals surface area contributed by atoms with Crippen molar-refractivity contribution in [3.05, 3.63) is 29.5 Å². The zero-order chi connectivity index (χ0) is 22.0. The zero-order valence-electron chi connectivity index (χ0n) is 16.3. The van der Waals surface area contributed by atoms with Crippen LogP contribution in [0.1, 0.15) is 24.0 Å². The molecule has 11 nitrogen and oxygen atoms in total. The highest BCUT2D eigenvalue weighted by Gasteiger charge is 2.14. The maximum atomic E-state index is 9.64. The Balaban J connectivity index is 0.000000447. The highest BCUT2D eigenvalue weighted by atomic mass is 16.5. The number of aliphatic carboxylic acids is 2. The van der Waals surface area contributed by atoms with Crippen molar-refractivity contribution < 1.29 is 34.0 Å². The van der Waals surface area contributed by atoms with E-state index < -0.39 is 11.9 Å². The summed E-state index contributed by atoms with van der Waals surface area (Å²) in [5, 5.41) is 15.8. The smallest absolute Gasteiger partial charge is 0.303 e. The van der Waals surface area contributed by atoms with Crippen LogP contribution in [0.2, 0.25) is 0 Å². The minimum absolute atomic E-state index is 0.154. The topological polar surface area (TPSA) is 180 Å². The molecule has 0 aliphatic heterocycles. The van der Waals surface area contributed by atoms with E-state index in [1.54, 1.807) is 27.5 Å². The van der Waals surface area contributed by atoms with Crippen molar-refractivity contribution in [1.82, 2.24) is 9.97 Å². The van der Waals surface area contributed by atoms with Gasteiger partial charge in [-0.3, -0.25) is 9.59 Å². The first-order chi connectivity index (χ1) is 13.7. The molecule has 0 aliphatic rings. The molecule has 1 heterocycles. The fourth-order valence-electron chi connectivity index (χ4n) is 2.24. The molecule has 29 heavy (non-hydrogen) atoms. The van der Waals surface area contributed by atoms with Crippen LogP contribution in [0, 0.1) is 0 Å². The summed E-state index contributed by atoms with van der Waals surface area (Å²) >= 11 is 0. The summed E-state index contributed by atoms with van der Waals surface area (Å²) in [7, 11) is 4.70. The number of carboxylic acid groups (broad SMARTS) is 2. The fraction of sp³-hybridized carbons (Fsp3) is 0.333. The van der Waals surface area contributed by atoms with Crippen molar-refractivity contribution >= 4 is 23.7 Å². The van der Waals surface area contributed by atoms with Crippen molar-refractivity contribution in [3.8, 4) is 17.2 Å². The molecule has 0 radical (unpaired) electrons. The molecule has 158 valence electrons. The number of methoxy groups -OCH3 is 3. The van der Waals surface area contributed by atoms with Gasteiger partial charge in [0.1, 0.15) is 5.82 Å². The molecule has 0 fully saturated rings. The average molecular weight is 408 g/mol. The van der Waals surface area contributed by atoms with Gasteiger partial charge in [0.15, 0.2) is 11.5 Å². The van der Waals surface area contributed by atoms with Gasteiger partial charge in [0.05, 0.1) is 34.2 Å². The predicted molar refractivity (Wildman–Crippen MR) is 104 cm³/mol. The van der Waals surface area contributed by atoms with Gasteiger partial charge >= 0.3 is 11.9 Å². The summed E-state index contributed by atoms with van der Waals surface area (Å²) in [5.41, 5.74) is 13.1. The quantitative estimate of drug-likeness (QED) is 0.492. The Morgan fingerprint density at radius 3 is 1.86 bits per heavy atom. The van der Waals surface area contributed by atoms with Gasteiger partial charge in [-0.1, -0.05) is 0 Å². The van der Waals surface area contributed by atoms with Gasteiger partial charge < -0.3 is 35.9 Å². The maximum absolute atomic E-state index is 9.64. The lowest BCUT2D eigenvalue weighted by Crippen LogP contribution is -2.04. The van der Waals surface area contributed by atoms with E-state index in [4.69, 9.17) is 35.9 Å². The van der Waals surface area contributed by atoms with Gasteiger partial charge in [-0.2, -0.15) is 4.98 Å². The van der Waals surface area contributed by atoms with E-state index in [2.05, 4.69) is 9.97 Å². The minimum atomic E-state index is -1.08. The zero-order valence-corrected chi connectivity index (χ0v) is 16.3. The summed E-state index contributed by atoms with van der Waals surface area (Å²) in [4.78, 5) is 27.2. The molecule has 0 amide bonds. The highest BCUT2D eigenvalue weighted by Crippen LogP contribution is 2.38. The molecular weight excluding hydrogens is 384 g/mol. The SMILES string of the molecule is COc1cc(Cc2cnc(N)nc2N)cc(OC)c1OC.O=C(O)CCC(=O)O. The Kier molecular flexibility index (Phi) is 8.96. The number of carbonyl (C=O) groups is 2. The Morgan fingerprint density at radius 2 is 1.48 bits per heavy atom. The standard InChI is InChI=1S/C14H18N4O3.C4H6O4/c1-19-10-5-8(6-11(20-2)12(10)21-3)4-9-7-17-14(16)18-13(9)15;5-3(6)1-2-4(7)8/h5-7H,4H2,1-3H3,(H4,15,16,17,18);1-2H2,(H,5,6)(H,7,8). The molecule has 11 heteroatoms. The number of nitrogens with zero attached hydrogens (tertiary/aromatic N) is 2. The van der Waals surface area contributed by atoms with Crippen LogP contribution in [-0.4, -0.2) is 53.4 Å². The second-order valence-corrected chi connectivity index (χ2v) is 5.64. The van der Waals surface area contributed by atoms with Crippen LogP contribution >= 0.6 is 0 Å².